The third-order valence-corrected chi connectivity index (χ3v) is 9.08. The number of rotatable bonds is 10. The van der Waals surface area contributed by atoms with Gasteiger partial charge in [0.15, 0.2) is 0 Å². The molecule has 3 aromatic carbocycles. The first-order valence-electron chi connectivity index (χ1n) is 15.6. The van der Waals surface area contributed by atoms with Crippen molar-refractivity contribution in [1.29, 1.82) is 0 Å². The lowest BCUT2D eigenvalue weighted by atomic mass is 9.96. The summed E-state index contributed by atoms with van der Waals surface area (Å²) in [5.41, 5.74) is 4.28. The van der Waals surface area contributed by atoms with E-state index < -0.39 is 0 Å². The molecular weight excluding hydrogens is 566 g/mol. The van der Waals surface area contributed by atoms with Gasteiger partial charge in [-0.05, 0) is 89.9 Å². The van der Waals surface area contributed by atoms with E-state index in [2.05, 4.69) is 75.1 Å². The summed E-state index contributed by atoms with van der Waals surface area (Å²) in [5, 5.41) is 7.68. The van der Waals surface area contributed by atoms with Gasteiger partial charge in [-0.2, -0.15) is 0 Å². The van der Waals surface area contributed by atoms with E-state index in [0.717, 1.165) is 42.9 Å². The first kappa shape index (κ1) is 30.0. The fourth-order valence-electron chi connectivity index (χ4n) is 6.42. The summed E-state index contributed by atoms with van der Waals surface area (Å²) in [7, 11) is 0. The van der Waals surface area contributed by atoms with Crippen LogP contribution in [0.3, 0.4) is 0 Å². The highest BCUT2D eigenvalue weighted by molar-refractivity contribution is 6.01. The number of benzene rings is 3. The van der Waals surface area contributed by atoms with Crippen LogP contribution in [-0.4, -0.2) is 59.7 Å². The maximum absolute atomic E-state index is 13.1. The Kier molecular flexibility index (Phi) is 8.86. The molecule has 2 aliphatic heterocycles. The van der Waals surface area contributed by atoms with Crippen molar-refractivity contribution in [2.24, 2.45) is 5.92 Å². The molecule has 2 N–H and O–H groups in total. The Balaban J connectivity index is 1.01. The van der Waals surface area contributed by atoms with Crippen molar-refractivity contribution in [1.82, 2.24) is 20.5 Å². The van der Waals surface area contributed by atoms with Crippen LogP contribution in [0.5, 0.6) is 0 Å². The van der Waals surface area contributed by atoms with Gasteiger partial charge in [-0.3, -0.25) is 24.5 Å². The Bertz CT molecular complexity index is 1740. The van der Waals surface area contributed by atoms with E-state index >= 15 is 0 Å². The molecule has 4 amide bonds. The quantitative estimate of drug-likeness (QED) is 0.248. The van der Waals surface area contributed by atoms with Crippen LogP contribution in [0.2, 0.25) is 0 Å². The fourth-order valence-corrected chi connectivity index (χ4v) is 6.42. The summed E-state index contributed by atoms with van der Waals surface area (Å²) in [5.74, 6) is 0.727. The molecule has 3 heterocycles. The third-order valence-electron chi connectivity index (χ3n) is 9.08. The van der Waals surface area contributed by atoms with Crippen LogP contribution >= 0.6 is 0 Å². The number of amides is 4. The summed E-state index contributed by atoms with van der Waals surface area (Å²) in [6.07, 6.45) is 4.76. The minimum absolute atomic E-state index is 0.107. The summed E-state index contributed by atoms with van der Waals surface area (Å²) in [4.78, 5) is 56.8. The Hall–Kier alpha value is -5.05. The van der Waals surface area contributed by atoms with Crippen LogP contribution in [0.15, 0.2) is 79.0 Å². The van der Waals surface area contributed by atoms with E-state index in [1.807, 2.05) is 13.1 Å². The van der Waals surface area contributed by atoms with Crippen molar-refractivity contribution in [2.45, 2.75) is 45.2 Å². The lowest BCUT2D eigenvalue weighted by Gasteiger charge is -2.33. The number of carbonyl (C=O) groups excluding carboxylic acids is 4. The van der Waals surface area contributed by atoms with Gasteiger partial charge in [0.25, 0.3) is 11.8 Å². The second-order valence-corrected chi connectivity index (χ2v) is 11.9. The largest absolute Gasteiger partial charge is 0.357 e. The minimum atomic E-state index is -0.367. The van der Waals surface area contributed by atoms with Crippen molar-refractivity contribution in [3.63, 3.8) is 0 Å². The SMILES string of the molecule is CC(CCC(=O)NC=O)N1Cc2cc(C(=O)NCC3CCN(c4cc(-c5cccc6ccccc56)ccn4)CC3)ccc2C1=O. The molecule has 9 heteroatoms. The third kappa shape index (κ3) is 6.57. The molecule has 1 saturated heterocycles. The van der Waals surface area contributed by atoms with Crippen molar-refractivity contribution in [2.75, 3.05) is 24.5 Å². The van der Waals surface area contributed by atoms with Crippen LogP contribution in [0.25, 0.3) is 21.9 Å². The summed E-state index contributed by atoms with van der Waals surface area (Å²) < 4.78 is 0. The molecule has 9 nitrogen and oxygen atoms in total. The van der Waals surface area contributed by atoms with Gasteiger partial charge in [-0.1, -0.05) is 42.5 Å². The van der Waals surface area contributed by atoms with E-state index in [1.165, 1.54) is 16.3 Å². The first-order chi connectivity index (χ1) is 21.9. The maximum Gasteiger partial charge on any atom is 0.254 e. The zero-order valence-electron chi connectivity index (χ0n) is 25.4. The van der Waals surface area contributed by atoms with E-state index in [1.54, 1.807) is 23.1 Å². The van der Waals surface area contributed by atoms with Crippen LogP contribution in [0.1, 0.15) is 58.9 Å². The Morgan fingerprint density at radius 3 is 2.62 bits per heavy atom. The van der Waals surface area contributed by atoms with Crippen molar-refractivity contribution >= 4 is 40.7 Å². The second kappa shape index (κ2) is 13.3. The molecule has 2 aliphatic rings. The number of hydrogen-bond acceptors (Lipinski definition) is 6. The average molecular weight is 604 g/mol. The number of nitrogens with zero attached hydrogens (tertiary/aromatic N) is 3. The standard InChI is InChI=1S/C36H37N5O4/c1-24(9-12-34(43)39-23-42)41-22-29-19-28(10-11-32(29)36(41)45)35(44)38-21-25-14-17-40(18-15-25)33-20-27(13-16-37-33)31-8-4-6-26-5-2-3-7-30(26)31/h2-8,10-11,13,16,19-20,23-25H,9,12,14-15,17-18,21-22H2,1H3,(H,38,44)(H,39,42,43). The van der Waals surface area contributed by atoms with Gasteiger partial charge >= 0.3 is 0 Å². The monoisotopic (exact) mass is 603 g/mol. The molecule has 0 bridgehead atoms. The Labute approximate surface area is 262 Å². The lowest BCUT2D eigenvalue weighted by molar-refractivity contribution is -0.125. The molecule has 0 radical (unpaired) electrons. The molecule has 0 spiro atoms. The number of pyridine rings is 1. The predicted octanol–water partition coefficient (Wildman–Crippen LogP) is 4.95. The fraction of sp³-hybridized carbons (Fsp3) is 0.306. The number of piperidine rings is 1. The smallest absolute Gasteiger partial charge is 0.254 e. The van der Waals surface area contributed by atoms with E-state index in [-0.39, 0.29) is 30.2 Å². The van der Waals surface area contributed by atoms with E-state index in [9.17, 15) is 19.2 Å². The van der Waals surface area contributed by atoms with Crippen LogP contribution in [0, 0.1) is 5.92 Å². The van der Waals surface area contributed by atoms with Gasteiger partial charge in [0, 0.05) is 56.0 Å². The molecule has 4 aromatic rings. The Morgan fingerprint density at radius 2 is 1.80 bits per heavy atom. The average Bonchev–Trinajstić information content (AvgIpc) is 3.41. The molecule has 1 aromatic heterocycles. The summed E-state index contributed by atoms with van der Waals surface area (Å²) >= 11 is 0. The molecule has 1 atom stereocenters. The number of fused-ring (bicyclic) bond motifs is 2. The minimum Gasteiger partial charge on any atom is -0.357 e. The highest BCUT2D eigenvalue weighted by Gasteiger charge is 2.31. The molecule has 230 valence electrons. The molecule has 45 heavy (non-hydrogen) atoms. The van der Waals surface area contributed by atoms with Crippen LogP contribution in [0.4, 0.5) is 5.82 Å². The van der Waals surface area contributed by atoms with Crippen molar-refractivity contribution in [3.8, 4) is 11.1 Å². The van der Waals surface area contributed by atoms with Gasteiger partial charge < -0.3 is 15.1 Å². The van der Waals surface area contributed by atoms with Gasteiger partial charge in [0.05, 0.1) is 0 Å². The number of anilines is 1. The maximum atomic E-state index is 13.1. The van der Waals surface area contributed by atoms with E-state index in [4.69, 9.17) is 0 Å². The van der Waals surface area contributed by atoms with Gasteiger partial charge in [-0.25, -0.2) is 4.98 Å². The van der Waals surface area contributed by atoms with E-state index in [0.29, 0.717) is 43.0 Å². The topological polar surface area (TPSA) is 112 Å². The summed E-state index contributed by atoms with van der Waals surface area (Å²) in [6, 6.07) is 24.1. The molecule has 0 saturated carbocycles. The molecule has 1 unspecified atom stereocenters. The van der Waals surface area contributed by atoms with Gasteiger partial charge in [0.2, 0.25) is 12.3 Å². The Morgan fingerprint density at radius 1 is 1.00 bits per heavy atom. The zero-order valence-corrected chi connectivity index (χ0v) is 25.4. The number of aromatic nitrogens is 1. The van der Waals surface area contributed by atoms with Crippen molar-refractivity contribution in [3.05, 3.63) is 95.7 Å². The highest BCUT2D eigenvalue weighted by Crippen LogP contribution is 2.31. The number of nitrogens with one attached hydrogen (secondary N) is 2. The highest BCUT2D eigenvalue weighted by atomic mass is 16.2. The second-order valence-electron chi connectivity index (χ2n) is 11.9. The van der Waals surface area contributed by atoms with Crippen molar-refractivity contribution < 1.29 is 19.2 Å². The van der Waals surface area contributed by atoms with Gasteiger partial charge in [-0.15, -0.1) is 0 Å². The lowest BCUT2D eigenvalue weighted by Crippen LogP contribution is -2.39. The van der Waals surface area contributed by atoms with Crippen LogP contribution < -0.4 is 15.5 Å². The molecule has 1 fully saturated rings. The number of imide groups is 1. The number of carbonyl (C=O) groups is 4. The van der Waals surface area contributed by atoms with Crippen LogP contribution in [-0.2, 0) is 16.1 Å². The molecular formula is C36H37N5O4. The normalized spacial score (nSPS) is 15.5. The molecule has 0 aliphatic carbocycles. The van der Waals surface area contributed by atoms with Gasteiger partial charge in [0.1, 0.15) is 5.82 Å². The summed E-state index contributed by atoms with van der Waals surface area (Å²) in [6.45, 7) is 4.61. The first-order valence-corrected chi connectivity index (χ1v) is 15.6. The predicted molar refractivity (Wildman–Crippen MR) is 174 cm³/mol. The number of hydrogen-bond donors (Lipinski definition) is 2. The zero-order chi connectivity index (χ0) is 31.3. The molecule has 6 rings (SSSR count).